The maximum atomic E-state index is 13.4. The highest BCUT2D eigenvalue weighted by Gasteiger charge is 2.52. The SMILES string of the molecule is CCc1cc(-c2ccc(CS(=O)(=O)c3ccccc3Cl)nc2OC)cc2cnc(NC3CCC(N(C)C)CC3)nc12.CCc1cc(B2OC(C)(C)C(C)(C)O2)cc2cnc(F)nc12.CN(C)C1CCC(N)CC1.COc1nc(CS(=O)(=O)c2ccccc2Cl)ccc1-c1cc(C)c2nc(F)ncc2c1.COc1nc(NS(=O)(=O)c2ccccc2Cl)ccc1Br. The molecule has 3 fully saturated rings. The molecular weight excluding hydrogens is 1770 g/mol. The third-order valence-corrected chi connectivity index (χ3v) is 28.9. The second-order valence-corrected chi connectivity index (χ2v) is 39.3. The number of benzene rings is 6. The van der Waals surface area contributed by atoms with Gasteiger partial charge in [-0.25, -0.2) is 65.1 Å². The molecule has 1 saturated heterocycles. The van der Waals surface area contributed by atoms with E-state index in [1.807, 2.05) is 84.1 Å². The average molecular weight is 1870 g/mol. The summed E-state index contributed by atoms with van der Waals surface area (Å²) >= 11 is 21.3. The van der Waals surface area contributed by atoms with E-state index in [1.165, 1.54) is 109 Å². The van der Waals surface area contributed by atoms with E-state index in [0.29, 0.717) is 67.8 Å². The smallest absolute Gasteiger partial charge is 0.481 e. The number of sulfonamides is 1. The molecule has 3 aliphatic rings. The maximum absolute atomic E-state index is 13.4. The van der Waals surface area contributed by atoms with Crippen molar-refractivity contribution < 1.29 is 57.6 Å². The zero-order valence-electron chi connectivity index (χ0n) is 71.4. The van der Waals surface area contributed by atoms with Crippen LogP contribution in [0.4, 0.5) is 20.5 Å². The standard InChI is InChI=1S/C31H36ClN5O3S.C22H17ClFN3O3S.C16H20BFN2O2.C12H10BrClN2O3S.C8H18N2/c1-5-20-16-21(17-22-18-33-31(36-29(20)22)35-23-10-13-25(14-11-23)37(2)3)26-15-12-24(34-30(26)40-4)19-41(38,39)28-9-7-6-8-27(28)32;1-13-9-14(10-15-11-25-22(24)27-20(13)15)17-8-7-16(26-21(17)30-2)12-31(28,29)19-6-4-3-5-18(19)23;1-6-10-7-12(8-11-9-19-14(18)20-13(10)11)17-21-15(2,3)16(4,5)22-17;1-19-12-8(13)6-7-11(15-12)16-20(17,18)10-5-3-2-4-9(10)14;1-10(2)8-5-3-7(9)4-6-8/h6-9,12,15-18,23,25H,5,10-11,13-14,19H2,1-4H3,(H,33,35,36);3-11H,12H2,1-2H3;7-9H,6H2,1-5H3;2-7H,1H3,(H,15,16);7-8H,3-6,9H2,1-2H3. The number of rotatable bonds is 21. The number of anilines is 2. The monoisotopic (exact) mass is 1870 g/mol. The number of sulfone groups is 2. The van der Waals surface area contributed by atoms with Crippen LogP contribution in [0.5, 0.6) is 17.6 Å². The minimum Gasteiger partial charge on any atom is -0.481 e. The van der Waals surface area contributed by atoms with Gasteiger partial charge in [0, 0.05) is 70.0 Å². The van der Waals surface area contributed by atoms with Crippen molar-refractivity contribution in [2.75, 3.05) is 59.6 Å². The number of fused-ring (bicyclic) bond motifs is 3. The Morgan fingerprint density at radius 3 is 1.44 bits per heavy atom. The van der Waals surface area contributed by atoms with Crippen molar-refractivity contribution in [3.8, 4) is 39.9 Å². The third kappa shape index (κ3) is 23.7. The van der Waals surface area contributed by atoms with Gasteiger partial charge in [0.2, 0.25) is 23.6 Å². The summed E-state index contributed by atoms with van der Waals surface area (Å²) in [5.74, 6) is 1.11. The zero-order chi connectivity index (χ0) is 89.8. The molecule has 0 atom stereocenters. The molecule has 15 rings (SSSR count). The van der Waals surface area contributed by atoms with Crippen LogP contribution in [0.25, 0.3) is 55.0 Å². The van der Waals surface area contributed by atoms with Crippen LogP contribution in [0.15, 0.2) is 183 Å². The Balaban J connectivity index is 0.000000160. The highest BCUT2D eigenvalue weighted by molar-refractivity contribution is 9.10. The van der Waals surface area contributed by atoms with E-state index in [-0.39, 0.29) is 58.8 Å². The first-order valence-electron chi connectivity index (χ1n) is 40.2. The number of aromatic nitrogens is 9. The van der Waals surface area contributed by atoms with Gasteiger partial charge < -0.3 is 44.4 Å². The molecule has 35 heteroatoms. The molecule has 0 amide bonds. The molecule has 2 aliphatic carbocycles. The Morgan fingerprint density at radius 2 is 0.960 bits per heavy atom. The summed E-state index contributed by atoms with van der Waals surface area (Å²) in [5.41, 5.74) is 14.6. The Hall–Kier alpha value is -9.29. The number of pyridine rings is 3. The van der Waals surface area contributed by atoms with E-state index in [2.05, 4.69) is 117 Å². The van der Waals surface area contributed by atoms with Crippen LogP contribution >= 0.6 is 50.7 Å². The fourth-order valence-corrected chi connectivity index (χ4v) is 20.2. The van der Waals surface area contributed by atoms with E-state index in [1.54, 1.807) is 66.7 Å². The third-order valence-electron chi connectivity index (χ3n) is 22.1. The minimum absolute atomic E-state index is 0.00893. The Bertz CT molecular complexity index is 6170. The van der Waals surface area contributed by atoms with Gasteiger partial charge in [-0.2, -0.15) is 13.8 Å². The lowest BCUT2D eigenvalue weighted by atomic mass is 9.77. The molecule has 2 saturated carbocycles. The molecule has 656 valence electrons. The first kappa shape index (κ1) is 95.4. The fourth-order valence-electron chi connectivity index (χ4n) is 14.6. The quantitative estimate of drug-likeness (QED) is 0.0444. The van der Waals surface area contributed by atoms with E-state index < -0.39 is 60.2 Å². The molecular formula is C89H101BBrCl3F2N14O11S3. The normalized spacial score (nSPS) is 16.8. The van der Waals surface area contributed by atoms with Crippen LogP contribution in [-0.2, 0) is 63.4 Å². The molecule has 25 nitrogen and oxygen atoms in total. The summed E-state index contributed by atoms with van der Waals surface area (Å²) in [6, 6.07) is 42.9. The number of ether oxygens (including phenoxy) is 3. The van der Waals surface area contributed by atoms with E-state index in [0.717, 1.165) is 86.9 Å². The lowest BCUT2D eigenvalue weighted by molar-refractivity contribution is 0.00578. The number of hydrogen-bond donors (Lipinski definition) is 3. The topological polar surface area (TPSA) is 321 Å². The zero-order valence-corrected chi connectivity index (χ0v) is 77.7. The average Bonchev–Trinajstić information content (AvgIpc) is 1.59. The molecule has 6 aromatic heterocycles. The van der Waals surface area contributed by atoms with E-state index in [9.17, 15) is 34.0 Å². The van der Waals surface area contributed by atoms with Crippen molar-refractivity contribution in [1.82, 2.24) is 54.7 Å². The highest BCUT2D eigenvalue weighted by Crippen LogP contribution is 2.40. The predicted octanol–water partition coefficient (Wildman–Crippen LogP) is 17.7. The largest absolute Gasteiger partial charge is 0.494 e. The summed E-state index contributed by atoms with van der Waals surface area (Å²) in [7, 11) is 1.44. The van der Waals surface area contributed by atoms with E-state index >= 15 is 0 Å². The Kier molecular flexibility index (Phi) is 31.9. The lowest BCUT2D eigenvalue weighted by Gasteiger charge is -2.32. The van der Waals surface area contributed by atoms with Crippen molar-refractivity contribution in [3.05, 3.63) is 224 Å². The van der Waals surface area contributed by atoms with Crippen molar-refractivity contribution in [2.45, 2.75) is 174 Å². The molecule has 124 heavy (non-hydrogen) atoms. The Labute approximate surface area is 747 Å². The molecule has 1 aliphatic heterocycles. The lowest BCUT2D eigenvalue weighted by Crippen LogP contribution is -2.41. The van der Waals surface area contributed by atoms with Crippen LogP contribution in [0.1, 0.15) is 121 Å². The summed E-state index contributed by atoms with van der Waals surface area (Å²) < 4.78 is 134. The van der Waals surface area contributed by atoms with Crippen LogP contribution in [-0.4, -0.2) is 172 Å². The van der Waals surface area contributed by atoms with Gasteiger partial charge in [0.25, 0.3) is 10.0 Å². The number of halogens is 6. The summed E-state index contributed by atoms with van der Waals surface area (Å²) in [5, 5.41) is 6.45. The number of nitrogens with zero attached hydrogens (tertiary/aromatic N) is 11. The van der Waals surface area contributed by atoms with Gasteiger partial charge in [0.05, 0.1) is 101 Å². The minimum atomic E-state index is -3.80. The number of nitrogens with two attached hydrogens (primary N) is 1. The maximum Gasteiger partial charge on any atom is 0.494 e. The van der Waals surface area contributed by atoms with Crippen LogP contribution < -0.4 is 35.4 Å². The van der Waals surface area contributed by atoms with Gasteiger partial charge in [-0.3, -0.25) is 4.72 Å². The van der Waals surface area contributed by atoms with Gasteiger partial charge in [-0.15, -0.1) is 0 Å². The summed E-state index contributed by atoms with van der Waals surface area (Å²) in [4.78, 5) is 42.3. The van der Waals surface area contributed by atoms with Crippen LogP contribution in [0.2, 0.25) is 15.1 Å². The van der Waals surface area contributed by atoms with Gasteiger partial charge in [-0.1, -0.05) is 97.2 Å². The van der Waals surface area contributed by atoms with Crippen LogP contribution in [0.3, 0.4) is 0 Å². The molecule has 6 aromatic carbocycles. The van der Waals surface area contributed by atoms with Gasteiger partial charge in [0.1, 0.15) is 10.7 Å². The number of aryl methyl sites for hydroxylation is 3. The first-order chi connectivity index (χ1) is 58.8. The number of hydrogen-bond acceptors (Lipinski definition) is 24. The van der Waals surface area contributed by atoms with Crippen molar-refractivity contribution in [3.63, 3.8) is 0 Å². The van der Waals surface area contributed by atoms with E-state index in [4.69, 9.17) is 69.0 Å². The summed E-state index contributed by atoms with van der Waals surface area (Å²) in [6.07, 6.45) is 14.4. The number of methoxy groups -OCH3 is 3. The fraction of sp³-hybridized carbons (Fsp3) is 0.360. The number of nitrogens with one attached hydrogen (secondary N) is 2. The second kappa shape index (κ2) is 41.4. The highest BCUT2D eigenvalue weighted by atomic mass is 79.9. The van der Waals surface area contributed by atoms with Gasteiger partial charge in [0.15, 0.2) is 19.7 Å². The van der Waals surface area contributed by atoms with Crippen LogP contribution in [0, 0.1) is 19.1 Å². The van der Waals surface area contributed by atoms with Crippen molar-refractivity contribution in [1.29, 1.82) is 0 Å². The molecule has 0 unspecified atom stereocenters. The van der Waals surface area contributed by atoms with Crippen molar-refractivity contribution >= 4 is 137 Å². The molecule has 7 heterocycles. The second-order valence-electron chi connectivity index (χ2n) is 31.7. The molecule has 12 aromatic rings. The molecule has 0 bridgehead atoms. The molecule has 4 N–H and O–H groups in total. The van der Waals surface area contributed by atoms with Gasteiger partial charge in [-0.05, 0) is 273 Å². The first-order valence-corrected chi connectivity index (χ1v) is 46.9. The molecule has 0 spiro atoms. The van der Waals surface area contributed by atoms with Crippen molar-refractivity contribution in [2.24, 2.45) is 5.73 Å². The summed E-state index contributed by atoms with van der Waals surface area (Å²) in [6.45, 7) is 14.0. The van der Waals surface area contributed by atoms with Gasteiger partial charge >= 0.3 is 19.3 Å². The predicted molar refractivity (Wildman–Crippen MR) is 490 cm³/mol. The Morgan fingerprint density at radius 1 is 0.524 bits per heavy atom. The molecule has 0 radical (unpaired) electrons.